The van der Waals surface area contributed by atoms with Gasteiger partial charge in [-0.05, 0) is 31.5 Å². The molecule has 0 saturated carbocycles. The second-order valence-corrected chi connectivity index (χ2v) is 9.18. The van der Waals surface area contributed by atoms with E-state index in [1.165, 1.54) is 16.2 Å². The van der Waals surface area contributed by atoms with E-state index in [4.69, 9.17) is 11.6 Å². The highest BCUT2D eigenvalue weighted by atomic mass is 35.5. The smallest absolute Gasteiger partial charge is 0.258 e. The summed E-state index contributed by atoms with van der Waals surface area (Å²) in [6, 6.07) is 14.2. The Morgan fingerprint density at radius 2 is 1.84 bits per heavy atom. The number of nitrogens with zero attached hydrogens (tertiary/aromatic N) is 4. The highest BCUT2D eigenvalue weighted by Crippen LogP contribution is 2.43. The van der Waals surface area contributed by atoms with E-state index >= 15 is 0 Å². The van der Waals surface area contributed by atoms with Crippen LogP contribution in [0.5, 0.6) is 0 Å². The van der Waals surface area contributed by atoms with Gasteiger partial charge in [0.15, 0.2) is 5.01 Å². The Labute approximate surface area is 192 Å². The minimum absolute atomic E-state index is 0.0636. The molecule has 0 spiro atoms. The van der Waals surface area contributed by atoms with Crippen LogP contribution in [0.2, 0.25) is 5.02 Å². The van der Waals surface area contributed by atoms with Gasteiger partial charge in [-0.3, -0.25) is 24.6 Å². The van der Waals surface area contributed by atoms with Crippen LogP contribution in [0.1, 0.15) is 30.1 Å². The quantitative estimate of drug-likeness (QED) is 0.629. The van der Waals surface area contributed by atoms with Crippen molar-refractivity contribution < 1.29 is 14.4 Å². The van der Waals surface area contributed by atoms with Gasteiger partial charge in [0.25, 0.3) is 5.91 Å². The van der Waals surface area contributed by atoms with Crippen molar-refractivity contribution in [3.05, 3.63) is 59.1 Å². The molecule has 2 aliphatic heterocycles. The summed E-state index contributed by atoms with van der Waals surface area (Å²) in [6.45, 7) is 1.61. The standard InChI is InChI=1S/C22H18ClN5O3S/c1-22-11-10-18(30)28(22)16-9-5-3-7-14(16)20(31)27(22)12-17(29)24-21-26-25-19(32-21)13-6-2-4-8-15(13)23/h2-9H,10-12H2,1H3,(H,24,26,29). The predicted octanol–water partition coefficient (Wildman–Crippen LogP) is 3.80. The Kier molecular flexibility index (Phi) is 4.94. The van der Waals surface area contributed by atoms with E-state index in [9.17, 15) is 14.4 Å². The van der Waals surface area contributed by atoms with E-state index in [0.717, 1.165) is 5.56 Å². The lowest BCUT2D eigenvalue weighted by molar-refractivity contribution is -0.120. The Morgan fingerprint density at radius 3 is 2.62 bits per heavy atom. The van der Waals surface area contributed by atoms with Crippen molar-refractivity contribution in [3.63, 3.8) is 0 Å². The van der Waals surface area contributed by atoms with Crippen LogP contribution in [0, 0.1) is 0 Å². The van der Waals surface area contributed by atoms with Crippen molar-refractivity contribution in [1.29, 1.82) is 0 Å². The molecule has 0 aliphatic carbocycles. The minimum atomic E-state index is -0.899. The summed E-state index contributed by atoms with van der Waals surface area (Å²) in [4.78, 5) is 41.9. The first kappa shape index (κ1) is 20.6. The van der Waals surface area contributed by atoms with Crippen LogP contribution < -0.4 is 10.2 Å². The molecule has 32 heavy (non-hydrogen) atoms. The molecule has 0 radical (unpaired) electrons. The van der Waals surface area contributed by atoms with Gasteiger partial charge in [-0.25, -0.2) is 0 Å². The molecular weight excluding hydrogens is 450 g/mol. The molecule has 10 heteroatoms. The van der Waals surface area contributed by atoms with Crippen LogP contribution in [-0.4, -0.2) is 45.0 Å². The van der Waals surface area contributed by atoms with Gasteiger partial charge in [-0.1, -0.05) is 53.3 Å². The number of carbonyl (C=O) groups is 3. The topological polar surface area (TPSA) is 95.5 Å². The van der Waals surface area contributed by atoms with E-state index in [0.29, 0.717) is 39.3 Å². The Morgan fingerprint density at radius 1 is 1.12 bits per heavy atom. The van der Waals surface area contributed by atoms with Gasteiger partial charge in [0.1, 0.15) is 12.2 Å². The molecule has 1 unspecified atom stereocenters. The van der Waals surface area contributed by atoms with Gasteiger partial charge in [-0.2, -0.15) is 0 Å². The number of aromatic nitrogens is 2. The summed E-state index contributed by atoms with van der Waals surface area (Å²) in [5.74, 6) is -0.760. The summed E-state index contributed by atoms with van der Waals surface area (Å²) < 4.78 is 0. The number of amides is 3. The Hall–Kier alpha value is -3.30. The maximum absolute atomic E-state index is 13.3. The number of para-hydroxylation sites is 1. The summed E-state index contributed by atoms with van der Waals surface area (Å²) in [6.07, 6.45) is 0.766. The van der Waals surface area contributed by atoms with Crippen LogP contribution in [0.25, 0.3) is 10.6 Å². The third-order valence-corrected chi connectivity index (χ3v) is 7.02. The third-order valence-electron chi connectivity index (χ3n) is 5.82. The van der Waals surface area contributed by atoms with Crippen molar-refractivity contribution in [3.8, 4) is 10.6 Å². The summed E-state index contributed by atoms with van der Waals surface area (Å²) in [7, 11) is 0. The lowest BCUT2D eigenvalue weighted by atomic mass is 9.98. The zero-order chi connectivity index (χ0) is 22.5. The normalized spacial score (nSPS) is 19.7. The molecule has 2 aliphatic rings. The number of hydrogen-bond acceptors (Lipinski definition) is 6. The molecule has 1 atom stereocenters. The Balaban J connectivity index is 1.38. The second kappa shape index (κ2) is 7.68. The summed E-state index contributed by atoms with van der Waals surface area (Å²) >= 11 is 7.41. The van der Waals surface area contributed by atoms with Gasteiger partial charge in [0.2, 0.25) is 16.9 Å². The van der Waals surface area contributed by atoms with Gasteiger partial charge in [-0.15, -0.1) is 10.2 Å². The lowest BCUT2D eigenvalue weighted by Crippen LogP contribution is -2.63. The molecule has 1 aromatic heterocycles. The number of rotatable bonds is 4. The molecule has 1 N–H and O–H groups in total. The molecule has 3 heterocycles. The first-order valence-corrected chi connectivity index (χ1v) is 11.2. The van der Waals surface area contributed by atoms with Gasteiger partial charge < -0.3 is 4.90 Å². The number of fused-ring (bicyclic) bond motifs is 3. The number of benzene rings is 2. The SMILES string of the molecule is CC12CCC(=O)N1c1ccccc1C(=O)N2CC(=O)Nc1nnc(-c2ccccc2Cl)s1. The molecule has 3 aromatic rings. The maximum Gasteiger partial charge on any atom is 0.258 e. The summed E-state index contributed by atoms with van der Waals surface area (Å²) in [5, 5.41) is 12.3. The molecule has 8 nitrogen and oxygen atoms in total. The molecular formula is C22H18ClN5O3S. The fraction of sp³-hybridized carbons (Fsp3) is 0.227. The van der Waals surface area contributed by atoms with Crippen molar-refractivity contribution in [2.75, 3.05) is 16.8 Å². The van der Waals surface area contributed by atoms with E-state index in [-0.39, 0.29) is 18.4 Å². The van der Waals surface area contributed by atoms with E-state index in [2.05, 4.69) is 15.5 Å². The fourth-order valence-electron chi connectivity index (χ4n) is 4.26. The molecule has 1 saturated heterocycles. The number of hydrogen-bond donors (Lipinski definition) is 1. The maximum atomic E-state index is 13.3. The summed E-state index contributed by atoms with van der Waals surface area (Å²) in [5.41, 5.74) is 0.823. The van der Waals surface area contributed by atoms with Crippen molar-refractivity contribution in [1.82, 2.24) is 15.1 Å². The molecule has 0 bridgehead atoms. The van der Waals surface area contributed by atoms with Gasteiger partial charge in [0.05, 0.1) is 16.3 Å². The molecule has 1 fully saturated rings. The van der Waals surface area contributed by atoms with E-state index in [1.807, 2.05) is 25.1 Å². The van der Waals surface area contributed by atoms with Crippen LogP contribution >= 0.6 is 22.9 Å². The van der Waals surface area contributed by atoms with Crippen molar-refractivity contribution in [2.24, 2.45) is 0 Å². The van der Waals surface area contributed by atoms with Crippen LogP contribution in [0.3, 0.4) is 0 Å². The molecule has 5 rings (SSSR count). The Bertz CT molecular complexity index is 1260. The third kappa shape index (κ3) is 3.25. The van der Waals surface area contributed by atoms with Crippen LogP contribution in [0.4, 0.5) is 10.8 Å². The van der Waals surface area contributed by atoms with Crippen LogP contribution in [-0.2, 0) is 9.59 Å². The largest absolute Gasteiger partial charge is 0.306 e. The van der Waals surface area contributed by atoms with Gasteiger partial charge >= 0.3 is 0 Å². The lowest BCUT2D eigenvalue weighted by Gasteiger charge is -2.48. The average molecular weight is 468 g/mol. The highest BCUT2D eigenvalue weighted by Gasteiger charge is 2.53. The fourth-order valence-corrected chi connectivity index (χ4v) is 5.34. The average Bonchev–Trinajstić information content (AvgIpc) is 3.36. The van der Waals surface area contributed by atoms with E-state index < -0.39 is 11.6 Å². The highest BCUT2D eigenvalue weighted by molar-refractivity contribution is 7.18. The predicted molar refractivity (Wildman–Crippen MR) is 122 cm³/mol. The minimum Gasteiger partial charge on any atom is -0.306 e. The number of carbonyl (C=O) groups excluding carboxylic acids is 3. The zero-order valence-electron chi connectivity index (χ0n) is 17.0. The van der Waals surface area contributed by atoms with Crippen molar-refractivity contribution in [2.45, 2.75) is 25.4 Å². The number of anilines is 2. The molecule has 3 amide bonds. The first-order valence-electron chi connectivity index (χ1n) is 10.0. The first-order chi connectivity index (χ1) is 15.4. The number of halogens is 1. The zero-order valence-corrected chi connectivity index (χ0v) is 18.6. The molecule has 2 aromatic carbocycles. The monoisotopic (exact) mass is 467 g/mol. The second-order valence-electron chi connectivity index (χ2n) is 7.79. The number of nitrogens with one attached hydrogen (secondary N) is 1. The van der Waals surface area contributed by atoms with E-state index in [1.54, 1.807) is 35.2 Å². The van der Waals surface area contributed by atoms with Gasteiger partial charge in [0, 0.05) is 12.0 Å². The van der Waals surface area contributed by atoms with Crippen molar-refractivity contribution >= 4 is 51.5 Å². The van der Waals surface area contributed by atoms with Crippen LogP contribution in [0.15, 0.2) is 48.5 Å². The molecule has 162 valence electrons.